The molecule has 0 N–H and O–H groups in total. The lowest BCUT2D eigenvalue weighted by molar-refractivity contribution is -0.125. The maximum Gasteiger partial charge on any atom is 0.140 e. The van der Waals surface area contributed by atoms with Crippen molar-refractivity contribution in [1.82, 2.24) is 0 Å². The van der Waals surface area contributed by atoms with Crippen molar-refractivity contribution in [3.05, 3.63) is 33.8 Å². The molecule has 1 unspecified atom stereocenters. The topological polar surface area (TPSA) is 17.1 Å². The van der Waals surface area contributed by atoms with Gasteiger partial charge in [-0.05, 0) is 36.6 Å². The number of halogens is 1. The molecular formula is C11H11BrO. The fourth-order valence-electron chi connectivity index (χ4n) is 1.72. The van der Waals surface area contributed by atoms with Gasteiger partial charge >= 0.3 is 0 Å². The van der Waals surface area contributed by atoms with Crippen LogP contribution >= 0.6 is 15.9 Å². The first-order valence-corrected chi connectivity index (χ1v) is 5.26. The molecule has 0 saturated heterocycles. The van der Waals surface area contributed by atoms with Gasteiger partial charge in [-0.3, -0.25) is 4.79 Å². The summed E-state index contributed by atoms with van der Waals surface area (Å²) in [5.74, 6) is 0.564. The van der Waals surface area contributed by atoms with Crippen LogP contribution < -0.4 is 0 Å². The Balaban J connectivity index is 2.34. The Morgan fingerprint density at radius 3 is 2.62 bits per heavy atom. The Morgan fingerprint density at radius 2 is 2.15 bits per heavy atom. The van der Waals surface area contributed by atoms with Gasteiger partial charge in [0.1, 0.15) is 5.78 Å². The first kappa shape index (κ1) is 8.95. The Labute approximate surface area is 86.3 Å². The number of rotatable bonds is 1. The van der Waals surface area contributed by atoms with E-state index in [0.29, 0.717) is 5.78 Å². The van der Waals surface area contributed by atoms with E-state index in [1.165, 1.54) is 11.1 Å². The molecule has 0 heterocycles. The van der Waals surface area contributed by atoms with Crippen molar-refractivity contribution >= 4 is 21.7 Å². The van der Waals surface area contributed by atoms with Crippen molar-refractivity contribution in [2.24, 2.45) is 0 Å². The van der Waals surface area contributed by atoms with Gasteiger partial charge < -0.3 is 0 Å². The summed E-state index contributed by atoms with van der Waals surface area (Å²) in [6.45, 7) is 2.05. The third kappa shape index (κ3) is 1.68. The molecule has 1 aromatic carbocycles. The zero-order valence-electron chi connectivity index (χ0n) is 7.51. The van der Waals surface area contributed by atoms with E-state index in [2.05, 4.69) is 41.1 Å². The highest BCUT2D eigenvalue weighted by molar-refractivity contribution is 9.10. The maximum atomic E-state index is 11.2. The third-order valence-electron chi connectivity index (χ3n) is 2.53. The number of carbonyl (C=O) groups is 1. The molecule has 0 spiro atoms. The normalized spacial score (nSPS) is 21.4. The molecule has 2 heteroatoms. The van der Waals surface area contributed by atoms with Gasteiger partial charge in [-0.2, -0.15) is 0 Å². The second-order valence-corrected chi connectivity index (χ2v) is 4.54. The van der Waals surface area contributed by atoms with Gasteiger partial charge in [-0.25, -0.2) is 0 Å². The van der Waals surface area contributed by atoms with Crippen LogP contribution in [0.1, 0.15) is 29.9 Å². The van der Waals surface area contributed by atoms with Crippen LogP contribution in [0.25, 0.3) is 0 Å². The molecule has 0 amide bonds. The summed E-state index contributed by atoms with van der Waals surface area (Å²) in [6, 6.07) is 6.22. The smallest absolute Gasteiger partial charge is 0.140 e. The summed E-state index contributed by atoms with van der Waals surface area (Å²) in [7, 11) is 0. The van der Waals surface area contributed by atoms with Crippen molar-refractivity contribution in [3.8, 4) is 0 Å². The molecular weight excluding hydrogens is 228 g/mol. The second kappa shape index (κ2) is 3.26. The van der Waals surface area contributed by atoms with E-state index in [9.17, 15) is 4.79 Å². The minimum Gasteiger partial charge on any atom is -0.299 e. The van der Waals surface area contributed by atoms with Gasteiger partial charge in [0.2, 0.25) is 0 Å². The number of carbonyl (C=O) groups excluding carboxylic acids is 1. The van der Waals surface area contributed by atoms with Gasteiger partial charge in [0.05, 0.1) is 0 Å². The summed E-state index contributed by atoms with van der Waals surface area (Å²) in [5.41, 5.74) is 2.38. The van der Waals surface area contributed by atoms with Gasteiger partial charge in [-0.15, -0.1) is 0 Å². The quantitative estimate of drug-likeness (QED) is 0.735. The van der Waals surface area contributed by atoms with E-state index in [1.54, 1.807) is 0 Å². The van der Waals surface area contributed by atoms with E-state index in [0.717, 1.165) is 17.3 Å². The van der Waals surface area contributed by atoms with Crippen molar-refractivity contribution < 1.29 is 4.79 Å². The summed E-state index contributed by atoms with van der Waals surface area (Å²) < 4.78 is 1.07. The standard InChI is InChI=1S/C11H11BrO/c1-7-4-8(6-9(12)5-7)10-2-3-11(10)13/h4-6,10H,2-3H2,1H3. The van der Waals surface area contributed by atoms with E-state index < -0.39 is 0 Å². The summed E-state index contributed by atoms with van der Waals surface area (Å²) in [5, 5.41) is 0. The zero-order chi connectivity index (χ0) is 9.42. The van der Waals surface area contributed by atoms with Crippen LogP contribution in [0.3, 0.4) is 0 Å². The van der Waals surface area contributed by atoms with Crippen LogP contribution in [-0.4, -0.2) is 5.78 Å². The monoisotopic (exact) mass is 238 g/mol. The van der Waals surface area contributed by atoms with E-state index in [1.807, 2.05) is 0 Å². The minimum absolute atomic E-state index is 0.177. The molecule has 1 saturated carbocycles. The largest absolute Gasteiger partial charge is 0.299 e. The van der Waals surface area contributed by atoms with Gasteiger partial charge in [-0.1, -0.05) is 22.0 Å². The van der Waals surface area contributed by atoms with Crippen LogP contribution in [0.4, 0.5) is 0 Å². The highest BCUT2D eigenvalue weighted by Crippen LogP contribution is 2.34. The minimum atomic E-state index is 0.177. The highest BCUT2D eigenvalue weighted by atomic mass is 79.9. The molecule has 0 aliphatic heterocycles. The van der Waals surface area contributed by atoms with E-state index in [4.69, 9.17) is 0 Å². The first-order chi connectivity index (χ1) is 6.16. The molecule has 0 bridgehead atoms. The Hall–Kier alpha value is -0.630. The van der Waals surface area contributed by atoms with Gasteiger partial charge in [0, 0.05) is 16.8 Å². The maximum absolute atomic E-state index is 11.2. The number of hydrogen-bond donors (Lipinski definition) is 0. The van der Waals surface area contributed by atoms with Crippen molar-refractivity contribution in [1.29, 1.82) is 0 Å². The van der Waals surface area contributed by atoms with E-state index in [-0.39, 0.29) is 5.92 Å². The van der Waals surface area contributed by atoms with Crippen molar-refractivity contribution in [3.63, 3.8) is 0 Å². The van der Waals surface area contributed by atoms with Crippen LogP contribution in [0, 0.1) is 6.92 Å². The van der Waals surface area contributed by atoms with Crippen LogP contribution in [0.5, 0.6) is 0 Å². The first-order valence-electron chi connectivity index (χ1n) is 4.46. The molecule has 1 fully saturated rings. The average Bonchev–Trinajstić information content (AvgIpc) is 1.99. The second-order valence-electron chi connectivity index (χ2n) is 3.62. The molecule has 0 aromatic heterocycles. The Morgan fingerprint density at radius 1 is 1.38 bits per heavy atom. The van der Waals surface area contributed by atoms with Gasteiger partial charge in [0.15, 0.2) is 0 Å². The summed E-state index contributed by atoms with van der Waals surface area (Å²) >= 11 is 3.44. The molecule has 1 aliphatic carbocycles. The number of hydrogen-bond acceptors (Lipinski definition) is 1. The molecule has 68 valence electrons. The average molecular weight is 239 g/mol. The molecule has 13 heavy (non-hydrogen) atoms. The lowest BCUT2D eigenvalue weighted by Crippen LogP contribution is -2.23. The van der Waals surface area contributed by atoms with Crippen LogP contribution in [-0.2, 0) is 4.79 Å². The molecule has 1 nitrogen and oxygen atoms in total. The number of aryl methyl sites for hydroxylation is 1. The number of ketones is 1. The van der Waals surface area contributed by atoms with Crippen molar-refractivity contribution in [2.75, 3.05) is 0 Å². The van der Waals surface area contributed by atoms with Crippen LogP contribution in [0.15, 0.2) is 22.7 Å². The molecule has 1 aromatic rings. The number of Topliss-reactive ketones (excluding diaryl/α,β-unsaturated/α-hetero) is 1. The van der Waals surface area contributed by atoms with E-state index >= 15 is 0 Å². The fraction of sp³-hybridized carbons (Fsp3) is 0.364. The highest BCUT2D eigenvalue weighted by Gasteiger charge is 2.29. The Kier molecular flexibility index (Phi) is 2.24. The Bertz CT molecular complexity index is 337. The third-order valence-corrected chi connectivity index (χ3v) is 2.99. The molecule has 1 atom stereocenters. The lowest BCUT2D eigenvalue weighted by atomic mass is 9.78. The molecule has 2 rings (SSSR count). The SMILES string of the molecule is Cc1cc(Br)cc(C2CCC2=O)c1. The van der Waals surface area contributed by atoms with Crippen molar-refractivity contribution in [2.45, 2.75) is 25.7 Å². The van der Waals surface area contributed by atoms with Crippen LogP contribution in [0.2, 0.25) is 0 Å². The predicted molar refractivity (Wildman–Crippen MR) is 55.9 cm³/mol. The summed E-state index contributed by atoms with van der Waals surface area (Å²) in [4.78, 5) is 11.2. The fourth-order valence-corrected chi connectivity index (χ4v) is 2.35. The van der Waals surface area contributed by atoms with Gasteiger partial charge in [0.25, 0.3) is 0 Å². The molecule has 1 aliphatic rings. The number of benzene rings is 1. The predicted octanol–water partition coefficient (Wildman–Crippen LogP) is 3.20. The zero-order valence-corrected chi connectivity index (χ0v) is 9.10. The lowest BCUT2D eigenvalue weighted by Gasteiger charge is -2.24. The molecule has 0 radical (unpaired) electrons. The summed E-state index contributed by atoms with van der Waals surface area (Å²) in [6.07, 6.45) is 1.78.